The minimum atomic E-state index is -0.0605. The van der Waals surface area contributed by atoms with Gasteiger partial charge in [0.1, 0.15) is 5.75 Å². The maximum Gasteiger partial charge on any atom is 0.260 e. The Labute approximate surface area is 200 Å². The first kappa shape index (κ1) is 23.7. The highest BCUT2D eigenvalue weighted by molar-refractivity contribution is 7.22. The molecule has 1 fully saturated rings. The van der Waals surface area contributed by atoms with Gasteiger partial charge in [0, 0.05) is 12.2 Å². The number of amides is 1. The first-order chi connectivity index (χ1) is 16.1. The molecule has 0 saturated carbocycles. The van der Waals surface area contributed by atoms with E-state index in [1.165, 1.54) is 5.56 Å². The first-order valence-corrected chi connectivity index (χ1v) is 12.9. The molecule has 1 unspecified atom stereocenters. The Hall–Kier alpha value is -2.44. The van der Waals surface area contributed by atoms with Crippen LogP contribution in [0.15, 0.2) is 42.5 Å². The Bertz CT molecular complexity index is 1070. The van der Waals surface area contributed by atoms with E-state index in [1.54, 1.807) is 16.2 Å². The lowest BCUT2D eigenvalue weighted by Gasteiger charge is -2.23. The number of carbonyl (C=O) groups excluding carboxylic acids is 1. The lowest BCUT2D eigenvalue weighted by Crippen LogP contribution is -2.37. The molecule has 0 radical (unpaired) electrons. The number of carbonyl (C=O) groups is 1. The van der Waals surface area contributed by atoms with Gasteiger partial charge in [-0.25, -0.2) is 4.98 Å². The van der Waals surface area contributed by atoms with E-state index in [0.717, 1.165) is 59.8 Å². The third-order valence-corrected chi connectivity index (χ3v) is 7.09. The van der Waals surface area contributed by atoms with Gasteiger partial charge in [0.05, 0.1) is 29.5 Å². The van der Waals surface area contributed by atoms with Gasteiger partial charge in [-0.1, -0.05) is 63.1 Å². The maximum atomic E-state index is 13.7. The number of benzene rings is 2. The van der Waals surface area contributed by atoms with Crippen LogP contribution in [0.3, 0.4) is 0 Å². The van der Waals surface area contributed by atoms with Crippen LogP contribution in [0.1, 0.15) is 74.7 Å². The van der Waals surface area contributed by atoms with Crippen LogP contribution in [-0.4, -0.2) is 36.8 Å². The zero-order valence-electron chi connectivity index (χ0n) is 19.9. The van der Waals surface area contributed by atoms with Gasteiger partial charge in [0.25, 0.3) is 5.91 Å². The molecule has 0 spiro atoms. The number of fused-ring (bicyclic) bond motifs is 1. The molecule has 0 N–H and O–H groups in total. The number of anilines is 1. The van der Waals surface area contributed by atoms with Crippen molar-refractivity contribution in [2.75, 3.05) is 24.7 Å². The molecule has 176 valence electrons. The highest BCUT2D eigenvalue weighted by atomic mass is 32.1. The van der Waals surface area contributed by atoms with Gasteiger partial charge in [0.2, 0.25) is 0 Å². The van der Waals surface area contributed by atoms with E-state index in [0.29, 0.717) is 24.6 Å². The molecule has 1 aromatic heterocycles. The molecule has 1 aliphatic rings. The fourth-order valence-electron chi connectivity index (χ4n) is 4.20. The Balaban J connectivity index is 1.63. The summed E-state index contributed by atoms with van der Waals surface area (Å²) in [5, 5.41) is 0.730. The number of ether oxygens (including phenoxy) is 2. The van der Waals surface area contributed by atoms with E-state index < -0.39 is 0 Å². The van der Waals surface area contributed by atoms with Gasteiger partial charge in [-0.05, 0) is 55.0 Å². The highest BCUT2D eigenvalue weighted by Gasteiger charge is 2.27. The second-order valence-electron chi connectivity index (χ2n) is 8.98. The fourth-order valence-corrected chi connectivity index (χ4v) is 5.20. The van der Waals surface area contributed by atoms with Crippen molar-refractivity contribution in [1.29, 1.82) is 0 Å². The van der Waals surface area contributed by atoms with Crippen LogP contribution in [0.25, 0.3) is 10.2 Å². The molecule has 5 nitrogen and oxygen atoms in total. The van der Waals surface area contributed by atoms with E-state index in [9.17, 15) is 4.79 Å². The number of hydrogen-bond donors (Lipinski definition) is 0. The van der Waals surface area contributed by atoms with Crippen molar-refractivity contribution in [3.05, 3.63) is 53.6 Å². The Morgan fingerprint density at radius 3 is 2.85 bits per heavy atom. The van der Waals surface area contributed by atoms with Crippen LogP contribution in [0.4, 0.5) is 5.13 Å². The topological polar surface area (TPSA) is 51.7 Å². The molecule has 4 rings (SSSR count). The van der Waals surface area contributed by atoms with Crippen molar-refractivity contribution in [2.45, 2.75) is 64.9 Å². The van der Waals surface area contributed by atoms with Crippen molar-refractivity contribution in [1.82, 2.24) is 4.98 Å². The summed E-state index contributed by atoms with van der Waals surface area (Å²) in [7, 11) is 0. The van der Waals surface area contributed by atoms with Crippen LogP contribution in [0.5, 0.6) is 5.75 Å². The number of hydrogen-bond acceptors (Lipinski definition) is 5. The molecule has 1 aliphatic heterocycles. The molecule has 0 bridgehead atoms. The number of nitrogens with zero attached hydrogens (tertiary/aromatic N) is 2. The number of thiazole rings is 1. The van der Waals surface area contributed by atoms with Crippen molar-refractivity contribution >= 4 is 32.6 Å². The lowest BCUT2D eigenvalue weighted by atomic mass is 10.0. The average molecular weight is 467 g/mol. The summed E-state index contributed by atoms with van der Waals surface area (Å²) in [4.78, 5) is 20.5. The van der Waals surface area contributed by atoms with E-state index >= 15 is 0 Å². The third kappa shape index (κ3) is 5.74. The number of aromatic nitrogens is 1. The summed E-state index contributed by atoms with van der Waals surface area (Å²) in [6.45, 7) is 8.46. The van der Waals surface area contributed by atoms with E-state index in [-0.39, 0.29) is 12.0 Å². The van der Waals surface area contributed by atoms with Crippen molar-refractivity contribution in [3.8, 4) is 5.75 Å². The van der Waals surface area contributed by atoms with Crippen molar-refractivity contribution < 1.29 is 14.3 Å². The highest BCUT2D eigenvalue weighted by Crippen LogP contribution is 2.35. The van der Waals surface area contributed by atoms with Gasteiger partial charge < -0.3 is 9.47 Å². The molecule has 2 heterocycles. The molecule has 3 aromatic rings. The standard InChI is InChI=1S/C27H34N2O3S/c1-4-5-6-15-31-21-11-7-10-20(17-21)26(30)29(18-22-12-9-16-32-22)27-28-25-23(19(2)3)13-8-14-24(25)33-27/h7-8,10-11,13-14,17,19,22H,4-6,9,12,15-16,18H2,1-3H3. The molecule has 1 atom stereocenters. The van der Waals surface area contributed by atoms with Crippen LogP contribution in [0, 0.1) is 0 Å². The van der Waals surface area contributed by atoms with Crippen molar-refractivity contribution in [2.24, 2.45) is 0 Å². The van der Waals surface area contributed by atoms with Crippen LogP contribution < -0.4 is 9.64 Å². The smallest absolute Gasteiger partial charge is 0.260 e. The van der Waals surface area contributed by atoms with Crippen LogP contribution in [-0.2, 0) is 4.74 Å². The SMILES string of the molecule is CCCCCOc1cccc(C(=O)N(CC2CCCO2)c2nc3c(C(C)C)cccc3s2)c1. The summed E-state index contributed by atoms with van der Waals surface area (Å²) in [5.74, 6) is 1.04. The molecule has 6 heteroatoms. The minimum Gasteiger partial charge on any atom is -0.494 e. The Kier molecular flexibility index (Phi) is 7.99. The Morgan fingerprint density at radius 1 is 1.24 bits per heavy atom. The fraction of sp³-hybridized carbons (Fsp3) is 0.481. The summed E-state index contributed by atoms with van der Waals surface area (Å²) in [6, 6.07) is 13.8. The summed E-state index contributed by atoms with van der Waals surface area (Å²) < 4.78 is 12.9. The molecular weight excluding hydrogens is 432 g/mol. The molecular formula is C27H34N2O3S. The maximum absolute atomic E-state index is 13.7. The van der Waals surface area contributed by atoms with Crippen LogP contribution >= 0.6 is 11.3 Å². The second-order valence-corrected chi connectivity index (χ2v) is 9.99. The minimum absolute atomic E-state index is 0.0407. The normalized spacial score (nSPS) is 15.9. The molecule has 1 amide bonds. The largest absolute Gasteiger partial charge is 0.494 e. The first-order valence-electron chi connectivity index (χ1n) is 12.1. The quantitative estimate of drug-likeness (QED) is 0.308. The van der Waals surface area contributed by atoms with Crippen LogP contribution in [0.2, 0.25) is 0 Å². The summed E-state index contributed by atoms with van der Waals surface area (Å²) in [5.41, 5.74) is 2.82. The number of para-hydroxylation sites is 1. The van der Waals surface area contributed by atoms with Gasteiger partial charge in [-0.3, -0.25) is 9.69 Å². The Morgan fingerprint density at radius 2 is 2.09 bits per heavy atom. The predicted molar refractivity (Wildman–Crippen MR) is 136 cm³/mol. The van der Waals surface area contributed by atoms with Gasteiger partial charge in [-0.15, -0.1) is 0 Å². The summed E-state index contributed by atoms with van der Waals surface area (Å²) in [6.07, 6.45) is 5.35. The molecule has 1 saturated heterocycles. The predicted octanol–water partition coefficient (Wildman–Crippen LogP) is 6.81. The average Bonchev–Trinajstić information content (AvgIpc) is 3.49. The monoisotopic (exact) mass is 466 g/mol. The number of unbranched alkanes of at least 4 members (excludes halogenated alkanes) is 2. The zero-order valence-corrected chi connectivity index (χ0v) is 20.7. The molecule has 2 aromatic carbocycles. The summed E-state index contributed by atoms with van der Waals surface area (Å²) >= 11 is 1.57. The zero-order chi connectivity index (χ0) is 23.2. The van der Waals surface area contributed by atoms with Gasteiger partial charge >= 0.3 is 0 Å². The second kappa shape index (κ2) is 11.1. The number of rotatable bonds is 10. The molecule has 0 aliphatic carbocycles. The van der Waals surface area contributed by atoms with Gasteiger partial charge in [-0.2, -0.15) is 0 Å². The van der Waals surface area contributed by atoms with E-state index in [4.69, 9.17) is 14.5 Å². The van der Waals surface area contributed by atoms with E-state index in [1.807, 2.05) is 24.3 Å². The van der Waals surface area contributed by atoms with Crippen molar-refractivity contribution in [3.63, 3.8) is 0 Å². The lowest BCUT2D eigenvalue weighted by molar-refractivity contribution is 0.0917. The van der Waals surface area contributed by atoms with E-state index in [2.05, 4.69) is 39.0 Å². The molecule has 33 heavy (non-hydrogen) atoms. The third-order valence-electron chi connectivity index (χ3n) is 6.04. The van der Waals surface area contributed by atoms with Gasteiger partial charge in [0.15, 0.2) is 5.13 Å².